The lowest BCUT2D eigenvalue weighted by Crippen LogP contribution is -2.20. The number of aromatic nitrogens is 3. The molecular formula is C13H15BrN4O2. The molecule has 2 aromatic heterocycles. The summed E-state index contributed by atoms with van der Waals surface area (Å²) in [5.41, 5.74) is 0. The Morgan fingerprint density at radius 1 is 1.45 bits per heavy atom. The van der Waals surface area contributed by atoms with Crippen LogP contribution >= 0.6 is 15.9 Å². The van der Waals surface area contributed by atoms with Crippen LogP contribution in [-0.2, 0) is 9.53 Å². The van der Waals surface area contributed by atoms with Gasteiger partial charge in [0.15, 0.2) is 5.82 Å². The molecule has 2 rings (SSSR count). The average Bonchev–Trinajstić information content (AvgIpc) is 2.88. The van der Waals surface area contributed by atoms with E-state index in [1.165, 1.54) is 0 Å². The molecule has 20 heavy (non-hydrogen) atoms. The minimum atomic E-state index is -0.211. The largest absolute Gasteiger partial charge is 0.372 e. The van der Waals surface area contributed by atoms with E-state index in [1.807, 2.05) is 13.0 Å². The Bertz CT molecular complexity index is 568. The van der Waals surface area contributed by atoms with Crippen LogP contribution in [0.1, 0.15) is 13.3 Å². The van der Waals surface area contributed by atoms with E-state index < -0.39 is 0 Å². The molecule has 0 bridgehead atoms. The summed E-state index contributed by atoms with van der Waals surface area (Å²) in [6, 6.07) is 5.38. The Hall–Kier alpha value is -1.73. The first-order chi connectivity index (χ1) is 9.70. The van der Waals surface area contributed by atoms with Crippen LogP contribution in [0.4, 0.5) is 5.82 Å². The number of halogens is 1. The van der Waals surface area contributed by atoms with Crippen molar-refractivity contribution in [3.8, 4) is 5.82 Å². The monoisotopic (exact) mass is 338 g/mol. The number of carbonyl (C=O) groups excluding carboxylic acids is 1. The number of nitrogens with zero attached hydrogens (tertiary/aromatic N) is 3. The van der Waals surface area contributed by atoms with Crippen LogP contribution in [0.5, 0.6) is 0 Å². The number of ether oxygens (including phenoxy) is 1. The zero-order valence-corrected chi connectivity index (χ0v) is 12.6. The molecule has 0 atom stereocenters. The van der Waals surface area contributed by atoms with Gasteiger partial charge in [0, 0.05) is 23.3 Å². The molecule has 0 saturated carbocycles. The zero-order valence-electron chi connectivity index (χ0n) is 11.0. The van der Waals surface area contributed by atoms with Crippen molar-refractivity contribution >= 4 is 27.7 Å². The highest BCUT2D eigenvalue weighted by molar-refractivity contribution is 9.10. The summed E-state index contributed by atoms with van der Waals surface area (Å²) >= 11 is 3.32. The summed E-state index contributed by atoms with van der Waals surface area (Å²) < 4.78 is 7.63. The molecule has 0 aliphatic carbocycles. The molecule has 0 aliphatic heterocycles. The summed E-state index contributed by atoms with van der Waals surface area (Å²) in [4.78, 5) is 16.0. The van der Waals surface area contributed by atoms with Gasteiger partial charge in [-0.05, 0) is 34.5 Å². The SMILES string of the molecule is CCCOCC(=O)Nc1ccnn1-c1ccc(Br)cn1. The van der Waals surface area contributed by atoms with Crippen LogP contribution in [0.3, 0.4) is 0 Å². The van der Waals surface area contributed by atoms with Crippen molar-refractivity contribution in [3.63, 3.8) is 0 Å². The topological polar surface area (TPSA) is 69.0 Å². The standard InChI is InChI=1S/C13H15BrN4O2/c1-2-7-20-9-13(19)17-12-5-6-16-18(12)11-4-3-10(14)8-15-11/h3-6,8H,2,7,9H2,1H3,(H,17,19). The van der Waals surface area contributed by atoms with E-state index in [9.17, 15) is 4.79 Å². The minimum absolute atomic E-state index is 0.0345. The van der Waals surface area contributed by atoms with E-state index >= 15 is 0 Å². The molecule has 0 aliphatic rings. The van der Waals surface area contributed by atoms with Crippen molar-refractivity contribution in [2.75, 3.05) is 18.5 Å². The fraction of sp³-hybridized carbons (Fsp3) is 0.308. The van der Waals surface area contributed by atoms with Crippen molar-refractivity contribution in [1.82, 2.24) is 14.8 Å². The molecular weight excluding hydrogens is 324 g/mol. The molecule has 6 nitrogen and oxygen atoms in total. The Morgan fingerprint density at radius 2 is 2.30 bits per heavy atom. The van der Waals surface area contributed by atoms with Gasteiger partial charge in [-0.25, -0.2) is 4.98 Å². The van der Waals surface area contributed by atoms with Gasteiger partial charge >= 0.3 is 0 Å². The molecule has 7 heteroatoms. The highest BCUT2D eigenvalue weighted by Gasteiger charge is 2.09. The van der Waals surface area contributed by atoms with Crippen LogP contribution < -0.4 is 5.32 Å². The Morgan fingerprint density at radius 3 is 3.00 bits per heavy atom. The Labute approximate surface area is 125 Å². The summed E-state index contributed by atoms with van der Waals surface area (Å²) in [5.74, 6) is 0.977. The average molecular weight is 339 g/mol. The number of anilines is 1. The first-order valence-electron chi connectivity index (χ1n) is 6.24. The van der Waals surface area contributed by atoms with E-state index in [-0.39, 0.29) is 12.5 Å². The number of amides is 1. The van der Waals surface area contributed by atoms with Crippen molar-refractivity contribution in [1.29, 1.82) is 0 Å². The number of rotatable bonds is 6. The molecule has 0 saturated heterocycles. The Kier molecular flexibility index (Phi) is 5.25. The lowest BCUT2D eigenvalue weighted by molar-refractivity contribution is -0.120. The van der Waals surface area contributed by atoms with E-state index in [1.54, 1.807) is 29.2 Å². The third-order valence-electron chi connectivity index (χ3n) is 2.42. The summed E-state index contributed by atoms with van der Waals surface area (Å²) in [7, 11) is 0. The van der Waals surface area contributed by atoms with Gasteiger partial charge in [-0.3, -0.25) is 4.79 Å². The second kappa shape index (κ2) is 7.16. The van der Waals surface area contributed by atoms with Crippen molar-refractivity contribution in [2.45, 2.75) is 13.3 Å². The molecule has 0 spiro atoms. The quantitative estimate of drug-likeness (QED) is 0.821. The van der Waals surface area contributed by atoms with Gasteiger partial charge in [-0.1, -0.05) is 6.92 Å². The molecule has 1 amide bonds. The first-order valence-corrected chi connectivity index (χ1v) is 7.03. The van der Waals surface area contributed by atoms with Crippen LogP contribution in [0.15, 0.2) is 35.1 Å². The van der Waals surface area contributed by atoms with E-state index in [0.29, 0.717) is 18.2 Å². The van der Waals surface area contributed by atoms with Crippen molar-refractivity contribution in [2.24, 2.45) is 0 Å². The van der Waals surface area contributed by atoms with Gasteiger partial charge in [0.1, 0.15) is 12.4 Å². The maximum Gasteiger partial charge on any atom is 0.251 e. The summed E-state index contributed by atoms with van der Waals surface area (Å²) in [5, 5.41) is 6.90. The van der Waals surface area contributed by atoms with Gasteiger partial charge in [-0.15, -0.1) is 0 Å². The highest BCUT2D eigenvalue weighted by atomic mass is 79.9. The van der Waals surface area contributed by atoms with E-state index in [2.05, 4.69) is 31.3 Å². The second-order valence-corrected chi connectivity index (χ2v) is 4.98. The summed E-state index contributed by atoms with van der Waals surface area (Å²) in [6.07, 6.45) is 4.16. The molecule has 2 aromatic rings. The van der Waals surface area contributed by atoms with Crippen LogP contribution in [0, 0.1) is 0 Å². The van der Waals surface area contributed by atoms with Gasteiger partial charge in [-0.2, -0.15) is 9.78 Å². The van der Waals surface area contributed by atoms with E-state index in [0.717, 1.165) is 10.9 Å². The van der Waals surface area contributed by atoms with Gasteiger partial charge in [0.25, 0.3) is 5.91 Å². The normalized spacial score (nSPS) is 10.5. The van der Waals surface area contributed by atoms with Gasteiger partial charge in [0.05, 0.1) is 6.20 Å². The Balaban J connectivity index is 2.05. The van der Waals surface area contributed by atoms with Crippen LogP contribution in [0.25, 0.3) is 5.82 Å². The van der Waals surface area contributed by atoms with Gasteiger partial charge < -0.3 is 10.1 Å². The van der Waals surface area contributed by atoms with Crippen molar-refractivity contribution in [3.05, 3.63) is 35.1 Å². The van der Waals surface area contributed by atoms with Crippen LogP contribution in [0.2, 0.25) is 0 Å². The van der Waals surface area contributed by atoms with E-state index in [4.69, 9.17) is 4.74 Å². The van der Waals surface area contributed by atoms with Crippen molar-refractivity contribution < 1.29 is 9.53 Å². The molecule has 0 fully saturated rings. The number of nitrogens with one attached hydrogen (secondary N) is 1. The van der Waals surface area contributed by atoms with Crippen LogP contribution in [-0.4, -0.2) is 33.9 Å². The lowest BCUT2D eigenvalue weighted by atomic mass is 10.4. The third kappa shape index (κ3) is 3.88. The number of pyridine rings is 1. The predicted molar refractivity (Wildman–Crippen MR) is 78.8 cm³/mol. The maximum atomic E-state index is 11.7. The lowest BCUT2D eigenvalue weighted by Gasteiger charge is -2.08. The third-order valence-corrected chi connectivity index (χ3v) is 2.89. The smallest absolute Gasteiger partial charge is 0.251 e. The van der Waals surface area contributed by atoms with Gasteiger partial charge in [0.2, 0.25) is 0 Å². The number of hydrogen-bond donors (Lipinski definition) is 1. The molecule has 106 valence electrons. The second-order valence-electron chi connectivity index (χ2n) is 4.06. The summed E-state index contributed by atoms with van der Waals surface area (Å²) in [6.45, 7) is 2.60. The molecule has 0 aromatic carbocycles. The fourth-order valence-electron chi connectivity index (χ4n) is 1.56. The molecule has 1 N–H and O–H groups in total. The first kappa shape index (κ1) is 14.7. The fourth-order valence-corrected chi connectivity index (χ4v) is 1.80. The molecule has 0 unspecified atom stereocenters. The maximum absolute atomic E-state index is 11.7. The zero-order chi connectivity index (χ0) is 14.4. The number of carbonyl (C=O) groups is 1. The molecule has 0 radical (unpaired) electrons. The number of hydrogen-bond acceptors (Lipinski definition) is 4. The highest BCUT2D eigenvalue weighted by Crippen LogP contribution is 2.15. The minimum Gasteiger partial charge on any atom is -0.372 e. The molecule has 2 heterocycles. The predicted octanol–water partition coefficient (Wildman–Crippen LogP) is 2.39.